The fraction of sp³-hybridized carbons (Fsp3) is 0.684. The Hall–Kier alpha value is -1.02. The highest BCUT2D eigenvalue weighted by molar-refractivity contribution is 5.38. The molecule has 1 aliphatic carbocycles. The highest BCUT2D eigenvalue weighted by atomic mass is 16.5. The van der Waals surface area contributed by atoms with Crippen LogP contribution in [0.1, 0.15) is 64.5 Å². The van der Waals surface area contributed by atoms with Gasteiger partial charge >= 0.3 is 0 Å². The lowest BCUT2D eigenvalue weighted by atomic mass is 9.86. The largest absolute Gasteiger partial charge is 0.490 e. The lowest BCUT2D eigenvalue weighted by Crippen LogP contribution is -2.38. The Morgan fingerprint density at radius 2 is 2.00 bits per heavy atom. The summed E-state index contributed by atoms with van der Waals surface area (Å²) in [6, 6.07) is 7.28. The van der Waals surface area contributed by atoms with E-state index in [0.717, 1.165) is 18.7 Å². The first-order chi connectivity index (χ1) is 9.90. The summed E-state index contributed by atoms with van der Waals surface area (Å²) in [5.74, 6) is 1.06. The summed E-state index contributed by atoms with van der Waals surface area (Å²) in [6.07, 6.45) is 5.23. The molecule has 0 aliphatic heterocycles. The summed E-state index contributed by atoms with van der Waals surface area (Å²) in [7, 11) is 0. The van der Waals surface area contributed by atoms with E-state index in [1.54, 1.807) is 0 Å². The molecule has 2 atom stereocenters. The van der Waals surface area contributed by atoms with Crippen molar-refractivity contribution < 1.29 is 4.74 Å². The van der Waals surface area contributed by atoms with Crippen LogP contribution in [0.25, 0.3) is 0 Å². The van der Waals surface area contributed by atoms with Gasteiger partial charge in [0, 0.05) is 6.04 Å². The smallest absolute Gasteiger partial charge is 0.122 e. The van der Waals surface area contributed by atoms with E-state index in [9.17, 15) is 0 Å². The minimum Gasteiger partial charge on any atom is -0.490 e. The topological polar surface area (TPSA) is 21.3 Å². The second kappa shape index (κ2) is 6.83. The van der Waals surface area contributed by atoms with Crippen LogP contribution in [-0.2, 0) is 5.41 Å². The van der Waals surface area contributed by atoms with Crippen molar-refractivity contribution in [1.29, 1.82) is 0 Å². The van der Waals surface area contributed by atoms with Gasteiger partial charge in [0.05, 0.1) is 0 Å². The molecule has 21 heavy (non-hydrogen) atoms. The van der Waals surface area contributed by atoms with Gasteiger partial charge in [-0.3, -0.25) is 0 Å². The number of nitrogens with one attached hydrogen (secondary N) is 1. The molecule has 1 saturated carbocycles. The van der Waals surface area contributed by atoms with E-state index in [4.69, 9.17) is 4.74 Å². The molecule has 0 radical (unpaired) electrons. The zero-order valence-corrected chi connectivity index (χ0v) is 14.3. The van der Waals surface area contributed by atoms with E-state index < -0.39 is 0 Å². The summed E-state index contributed by atoms with van der Waals surface area (Å²) in [6.45, 7) is 12.2. The molecule has 0 saturated heterocycles. The van der Waals surface area contributed by atoms with Gasteiger partial charge in [0.25, 0.3) is 0 Å². The fourth-order valence-corrected chi connectivity index (χ4v) is 3.15. The molecule has 2 rings (SSSR count). The number of rotatable bonds is 4. The Morgan fingerprint density at radius 1 is 1.24 bits per heavy atom. The van der Waals surface area contributed by atoms with Gasteiger partial charge in [-0.1, -0.05) is 39.8 Å². The van der Waals surface area contributed by atoms with Crippen LogP contribution < -0.4 is 10.1 Å². The van der Waals surface area contributed by atoms with E-state index in [0.29, 0.717) is 12.1 Å². The van der Waals surface area contributed by atoms with Crippen molar-refractivity contribution in [3.8, 4) is 5.75 Å². The number of ether oxygens (including phenoxy) is 1. The molecule has 118 valence electrons. The van der Waals surface area contributed by atoms with Gasteiger partial charge in [0.2, 0.25) is 0 Å². The Morgan fingerprint density at radius 3 is 2.62 bits per heavy atom. The predicted octanol–water partition coefficient (Wildman–Crippen LogP) is 4.59. The van der Waals surface area contributed by atoms with Gasteiger partial charge in [-0.05, 0) is 61.8 Å². The first kappa shape index (κ1) is 16.4. The van der Waals surface area contributed by atoms with Crippen LogP contribution in [0.2, 0.25) is 0 Å². The van der Waals surface area contributed by atoms with Gasteiger partial charge in [0.15, 0.2) is 0 Å². The summed E-state index contributed by atoms with van der Waals surface area (Å²) >= 11 is 0. The summed E-state index contributed by atoms with van der Waals surface area (Å²) in [5.41, 5.74) is 2.83. The lowest BCUT2D eigenvalue weighted by Gasteiger charge is -2.30. The van der Waals surface area contributed by atoms with Gasteiger partial charge in [-0.15, -0.1) is 0 Å². The molecule has 2 unspecified atom stereocenters. The van der Waals surface area contributed by atoms with Crippen LogP contribution >= 0.6 is 0 Å². The monoisotopic (exact) mass is 289 g/mol. The average molecular weight is 289 g/mol. The third-order valence-electron chi connectivity index (χ3n) is 4.45. The molecule has 1 aromatic rings. The van der Waals surface area contributed by atoms with Gasteiger partial charge in [-0.25, -0.2) is 0 Å². The van der Waals surface area contributed by atoms with Crippen LogP contribution in [0.3, 0.4) is 0 Å². The first-order valence-corrected chi connectivity index (χ1v) is 8.41. The number of benzene rings is 1. The standard InChI is InChI=1S/C19H31NO/c1-6-20-16-8-7-9-17(13-16)21-18-11-10-15(12-14(18)2)19(3,4)5/h10-12,16-17,20H,6-9,13H2,1-5H3. The molecule has 2 heteroatoms. The molecule has 0 amide bonds. The second-order valence-corrected chi connectivity index (χ2v) is 7.39. The first-order valence-electron chi connectivity index (χ1n) is 8.41. The van der Waals surface area contributed by atoms with Crippen LogP contribution in [-0.4, -0.2) is 18.7 Å². The van der Waals surface area contributed by atoms with E-state index in [1.807, 2.05) is 0 Å². The Labute approximate surface area is 130 Å². The van der Waals surface area contributed by atoms with Crippen LogP contribution in [0, 0.1) is 6.92 Å². The highest BCUT2D eigenvalue weighted by Crippen LogP contribution is 2.30. The SMILES string of the molecule is CCNC1CCCC(Oc2ccc(C(C)(C)C)cc2C)C1. The lowest BCUT2D eigenvalue weighted by molar-refractivity contribution is 0.134. The number of aryl methyl sites for hydroxylation is 1. The van der Waals surface area contributed by atoms with Crippen molar-refractivity contribution >= 4 is 0 Å². The molecule has 0 aromatic heterocycles. The molecule has 1 fully saturated rings. The van der Waals surface area contributed by atoms with Crippen LogP contribution in [0.4, 0.5) is 0 Å². The van der Waals surface area contributed by atoms with E-state index >= 15 is 0 Å². The molecule has 1 aliphatic rings. The van der Waals surface area contributed by atoms with Crippen molar-refractivity contribution in [1.82, 2.24) is 5.32 Å². The number of hydrogen-bond acceptors (Lipinski definition) is 2. The van der Waals surface area contributed by atoms with Gasteiger partial charge in [0.1, 0.15) is 11.9 Å². The van der Waals surface area contributed by atoms with Crippen molar-refractivity contribution in [2.24, 2.45) is 0 Å². The molecule has 0 spiro atoms. The number of hydrogen-bond donors (Lipinski definition) is 1. The molecule has 2 nitrogen and oxygen atoms in total. The Balaban J connectivity index is 2.02. The third-order valence-corrected chi connectivity index (χ3v) is 4.45. The summed E-state index contributed by atoms with van der Waals surface area (Å²) < 4.78 is 6.29. The molecule has 0 heterocycles. The highest BCUT2D eigenvalue weighted by Gasteiger charge is 2.23. The zero-order valence-electron chi connectivity index (χ0n) is 14.3. The normalized spacial score (nSPS) is 23.1. The second-order valence-electron chi connectivity index (χ2n) is 7.39. The molecular weight excluding hydrogens is 258 g/mol. The van der Waals surface area contributed by atoms with Gasteiger partial charge in [-0.2, -0.15) is 0 Å². The Kier molecular flexibility index (Phi) is 5.32. The summed E-state index contributed by atoms with van der Waals surface area (Å²) in [5, 5.41) is 3.56. The minimum absolute atomic E-state index is 0.199. The van der Waals surface area contributed by atoms with E-state index in [1.165, 1.54) is 30.4 Å². The third kappa shape index (κ3) is 4.47. The summed E-state index contributed by atoms with van der Waals surface area (Å²) in [4.78, 5) is 0. The van der Waals surface area contributed by atoms with E-state index in [-0.39, 0.29) is 5.41 Å². The molecule has 1 aromatic carbocycles. The van der Waals surface area contributed by atoms with Crippen molar-refractivity contribution in [3.05, 3.63) is 29.3 Å². The fourth-order valence-electron chi connectivity index (χ4n) is 3.15. The molecule has 1 N–H and O–H groups in total. The zero-order chi connectivity index (χ0) is 15.5. The maximum absolute atomic E-state index is 6.29. The quantitative estimate of drug-likeness (QED) is 0.875. The Bertz CT molecular complexity index is 459. The van der Waals surface area contributed by atoms with Gasteiger partial charge < -0.3 is 10.1 Å². The maximum atomic E-state index is 6.29. The van der Waals surface area contributed by atoms with E-state index in [2.05, 4.69) is 58.1 Å². The molecule has 0 bridgehead atoms. The predicted molar refractivity (Wildman–Crippen MR) is 90.2 cm³/mol. The van der Waals surface area contributed by atoms with Crippen molar-refractivity contribution in [2.45, 2.75) is 77.9 Å². The van der Waals surface area contributed by atoms with Crippen LogP contribution in [0.5, 0.6) is 5.75 Å². The van der Waals surface area contributed by atoms with Crippen LogP contribution in [0.15, 0.2) is 18.2 Å². The average Bonchev–Trinajstić information content (AvgIpc) is 2.41. The minimum atomic E-state index is 0.199. The van der Waals surface area contributed by atoms with Crippen molar-refractivity contribution in [2.75, 3.05) is 6.54 Å². The molecular formula is C19H31NO. The van der Waals surface area contributed by atoms with Crippen molar-refractivity contribution in [3.63, 3.8) is 0 Å². The maximum Gasteiger partial charge on any atom is 0.122 e.